The van der Waals surface area contributed by atoms with Crippen molar-refractivity contribution in [3.05, 3.63) is 65.9 Å². The number of carbonyl (C=O) groups excluding carboxylic acids is 2. The molecule has 1 atom stereocenters. The van der Waals surface area contributed by atoms with E-state index < -0.39 is 18.0 Å². The molecule has 0 saturated heterocycles. The zero-order valence-corrected chi connectivity index (χ0v) is 13.4. The number of nitrogens with one attached hydrogen (secondary N) is 2. The van der Waals surface area contributed by atoms with E-state index in [4.69, 9.17) is 10.00 Å². The maximum atomic E-state index is 12.2. The van der Waals surface area contributed by atoms with E-state index in [9.17, 15) is 9.59 Å². The number of aromatic nitrogens is 1. The fourth-order valence-electron chi connectivity index (χ4n) is 2.38. The molecule has 1 heterocycles. The SMILES string of the molecule is C[C@@H](OC(=O)c1cc2ccccc2[nH]1)C(=O)Nc1ccccc1C#N. The van der Waals surface area contributed by atoms with E-state index >= 15 is 0 Å². The number of ether oxygens (including phenoxy) is 1. The van der Waals surface area contributed by atoms with Crippen molar-refractivity contribution < 1.29 is 14.3 Å². The van der Waals surface area contributed by atoms with E-state index in [-0.39, 0.29) is 5.69 Å². The molecule has 0 aliphatic rings. The lowest BCUT2D eigenvalue weighted by atomic mass is 10.2. The van der Waals surface area contributed by atoms with Crippen molar-refractivity contribution in [1.82, 2.24) is 4.98 Å². The van der Waals surface area contributed by atoms with E-state index in [1.165, 1.54) is 6.92 Å². The second kappa shape index (κ2) is 6.89. The fraction of sp³-hybridized carbons (Fsp3) is 0.105. The molecule has 0 bridgehead atoms. The van der Waals surface area contributed by atoms with Crippen molar-refractivity contribution in [2.75, 3.05) is 5.32 Å². The fourth-order valence-corrected chi connectivity index (χ4v) is 2.38. The van der Waals surface area contributed by atoms with Gasteiger partial charge in [-0.2, -0.15) is 5.26 Å². The van der Waals surface area contributed by atoms with Gasteiger partial charge in [-0.15, -0.1) is 0 Å². The number of para-hydroxylation sites is 2. The Bertz CT molecular complexity index is 952. The predicted octanol–water partition coefficient (Wildman–Crippen LogP) is 3.22. The first-order valence-corrected chi connectivity index (χ1v) is 7.67. The van der Waals surface area contributed by atoms with Crippen molar-refractivity contribution in [3.63, 3.8) is 0 Å². The summed E-state index contributed by atoms with van der Waals surface area (Å²) in [5, 5.41) is 12.5. The van der Waals surface area contributed by atoms with Crippen LogP contribution in [0, 0.1) is 11.3 Å². The van der Waals surface area contributed by atoms with Crippen LogP contribution in [0.3, 0.4) is 0 Å². The Morgan fingerprint density at radius 1 is 1.16 bits per heavy atom. The third-order valence-corrected chi connectivity index (χ3v) is 3.71. The highest BCUT2D eigenvalue weighted by atomic mass is 16.5. The third-order valence-electron chi connectivity index (χ3n) is 3.71. The number of nitriles is 1. The molecule has 124 valence electrons. The van der Waals surface area contributed by atoms with Gasteiger partial charge >= 0.3 is 5.97 Å². The van der Waals surface area contributed by atoms with Gasteiger partial charge in [0.2, 0.25) is 0 Å². The molecule has 3 rings (SSSR count). The summed E-state index contributed by atoms with van der Waals surface area (Å²) in [7, 11) is 0. The molecular weight excluding hydrogens is 318 g/mol. The molecule has 0 fully saturated rings. The van der Waals surface area contributed by atoms with Gasteiger partial charge in [0.25, 0.3) is 5.91 Å². The van der Waals surface area contributed by atoms with Gasteiger partial charge in [-0.25, -0.2) is 4.79 Å². The Morgan fingerprint density at radius 3 is 2.64 bits per heavy atom. The summed E-state index contributed by atoms with van der Waals surface area (Å²) in [6.45, 7) is 1.48. The summed E-state index contributed by atoms with van der Waals surface area (Å²) < 4.78 is 5.21. The van der Waals surface area contributed by atoms with Crippen molar-refractivity contribution in [3.8, 4) is 6.07 Å². The predicted molar refractivity (Wildman–Crippen MR) is 93.0 cm³/mol. The molecule has 6 nitrogen and oxygen atoms in total. The number of esters is 1. The van der Waals surface area contributed by atoms with Gasteiger partial charge in [-0.1, -0.05) is 30.3 Å². The lowest BCUT2D eigenvalue weighted by Gasteiger charge is -2.13. The summed E-state index contributed by atoms with van der Waals surface area (Å²) in [6, 6.07) is 17.7. The number of nitrogens with zero attached hydrogens (tertiary/aromatic N) is 1. The Kier molecular flexibility index (Phi) is 4.48. The van der Waals surface area contributed by atoms with Crippen LogP contribution in [0.15, 0.2) is 54.6 Å². The minimum absolute atomic E-state index is 0.276. The highest BCUT2D eigenvalue weighted by Gasteiger charge is 2.21. The molecule has 25 heavy (non-hydrogen) atoms. The normalized spacial score (nSPS) is 11.5. The number of hydrogen-bond acceptors (Lipinski definition) is 4. The van der Waals surface area contributed by atoms with Crippen LogP contribution in [-0.2, 0) is 9.53 Å². The van der Waals surface area contributed by atoms with E-state index in [1.807, 2.05) is 30.3 Å². The maximum Gasteiger partial charge on any atom is 0.355 e. The summed E-state index contributed by atoms with van der Waals surface area (Å²) in [4.78, 5) is 27.4. The zero-order valence-electron chi connectivity index (χ0n) is 13.4. The molecule has 1 aromatic heterocycles. The number of fused-ring (bicyclic) bond motifs is 1. The van der Waals surface area contributed by atoms with Crippen molar-refractivity contribution in [1.29, 1.82) is 5.26 Å². The number of amides is 1. The van der Waals surface area contributed by atoms with E-state index in [1.54, 1.807) is 30.3 Å². The molecule has 2 N–H and O–H groups in total. The van der Waals surface area contributed by atoms with Gasteiger partial charge in [0.1, 0.15) is 11.8 Å². The first-order valence-electron chi connectivity index (χ1n) is 7.67. The number of rotatable bonds is 4. The van der Waals surface area contributed by atoms with E-state index in [2.05, 4.69) is 10.3 Å². The van der Waals surface area contributed by atoms with Crippen LogP contribution in [0.5, 0.6) is 0 Å². The van der Waals surface area contributed by atoms with Gasteiger partial charge in [-0.05, 0) is 31.2 Å². The van der Waals surface area contributed by atoms with Crippen LogP contribution in [0.1, 0.15) is 23.0 Å². The van der Waals surface area contributed by atoms with Crippen LogP contribution in [0.25, 0.3) is 10.9 Å². The summed E-state index contributed by atoms with van der Waals surface area (Å²) in [6.07, 6.45) is -1.01. The van der Waals surface area contributed by atoms with Crippen LogP contribution < -0.4 is 5.32 Å². The van der Waals surface area contributed by atoms with Crippen LogP contribution in [0.4, 0.5) is 5.69 Å². The topological polar surface area (TPSA) is 95.0 Å². The second-order valence-electron chi connectivity index (χ2n) is 5.46. The van der Waals surface area contributed by atoms with Gasteiger partial charge < -0.3 is 15.0 Å². The molecule has 0 unspecified atom stereocenters. The monoisotopic (exact) mass is 333 g/mol. The van der Waals surface area contributed by atoms with Crippen molar-refractivity contribution in [2.24, 2.45) is 0 Å². The molecule has 0 aliphatic heterocycles. The Labute approximate surface area is 144 Å². The number of benzene rings is 2. The summed E-state index contributed by atoms with van der Waals surface area (Å²) in [5.41, 5.74) is 1.81. The number of H-pyrrole nitrogens is 1. The average Bonchev–Trinajstić information content (AvgIpc) is 3.06. The zero-order chi connectivity index (χ0) is 17.8. The molecule has 3 aromatic rings. The summed E-state index contributed by atoms with van der Waals surface area (Å²) >= 11 is 0. The van der Waals surface area contributed by atoms with E-state index in [0.717, 1.165) is 10.9 Å². The maximum absolute atomic E-state index is 12.2. The third kappa shape index (κ3) is 3.51. The lowest BCUT2D eigenvalue weighted by Crippen LogP contribution is -2.30. The first kappa shape index (κ1) is 16.3. The molecule has 0 spiro atoms. The van der Waals surface area contributed by atoms with Crippen LogP contribution >= 0.6 is 0 Å². The molecule has 0 radical (unpaired) electrons. The highest BCUT2D eigenvalue weighted by molar-refractivity contribution is 5.99. The van der Waals surface area contributed by atoms with Crippen LogP contribution in [-0.4, -0.2) is 23.0 Å². The van der Waals surface area contributed by atoms with Crippen molar-refractivity contribution >= 4 is 28.5 Å². The molecule has 0 saturated carbocycles. The first-order chi connectivity index (χ1) is 12.1. The highest BCUT2D eigenvalue weighted by Crippen LogP contribution is 2.17. The minimum Gasteiger partial charge on any atom is -0.448 e. The number of aromatic amines is 1. The van der Waals surface area contributed by atoms with Gasteiger partial charge in [0.15, 0.2) is 6.10 Å². The smallest absolute Gasteiger partial charge is 0.355 e. The lowest BCUT2D eigenvalue weighted by molar-refractivity contribution is -0.123. The van der Waals surface area contributed by atoms with Gasteiger partial charge in [0, 0.05) is 10.9 Å². The Hall–Kier alpha value is -3.59. The standard InChI is InChI=1S/C19H15N3O3/c1-12(18(23)22-16-9-5-3-7-14(16)11-20)25-19(24)17-10-13-6-2-4-8-15(13)21-17/h2-10,12,21H,1H3,(H,22,23)/t12-/m1/s1. The average molecular weight is 333 g/mol. The van der Waals surface area contributed by atoms with Gasteiger partial charge in [-0.3, -0.25) is 4.79 Å². The quantitative estimate of drug-likeness (QED) is 0.717. The van der Waals surface area contributed by atoms with Gasteiger partial charge in [0.05, 0.1) is 11.3 Å². The molecule has 1 amide bonds. The molecule has 2 aromatic carbocycles. The van der Waals surface area contributed by atoms with E-state index in [0.29, 0.717) is 11.3 Å². The number of anilines is 1. The minimum atomic E-state index is -1.01. The number of carbonyl (C=O) groups is 2. The Morgan fingerprint density at radius 2 is 1.88 bits per heavy atom. The van der Waals surface area contributed by atoms with Crippen LogP contribution in [0.2, 0.25) is 0 Å². The Balaban J connectivity index is 1.68. The number of hydrogen-bond donors (Lipinski definition) is 2. The van der Waals surface area contributed by atoms with Crippen molar-refractivity contribution in [2.45, 2.75) is 13.0 Å². The molecular formula is C19H15N3O3. The second-order valence-corrected chi connectivity index (χ2v) is 5.46. The molecule has 0 aliphatic carbocycles. The largest absolute Gasteiger partial charge is 0.448 e. The molecule has 6 heteroatoms. The summed E-state index contributed by atoms with van der Waals surface area (Å²) in [5.74, 6) is -1.13.